The first kappa shape index (κ1) is 22.8. The minimum Gasteiger partial charge on any atom is -0.454 e. The molecule has 0 bridgehead atoms. The monoisotopic (exact) mass is 476 g/mol. The largest absolute Gasteiger partial charge is 0.454 e. The Kier molecular flexibility index (Phi) is 6.56. The molecule has 2 saturated heterocycles. The molecule has 0 spiro atoms. The van der Waals surface area contributed by atoms with Gasteiger partial charge in [-0.25, -0.2) is 0 Å². The van der Waals surface area contributed by atoms with Gasteiger partial charge >= 0.3 is 0 Å². The van der Waals surface area contributed by atoms with E-state index in [0.717, 1.165) is 24.3 Å². The molecule has 3 aliphatic rings. The first-order valence-corrected chi connectivity index (χ1v) is 11.8. The molecule has 0 saturated carbocycles. The zero-order valence-corrected chi connectivity index (χ0v) is 19.4. The molecule has 0 radical (unpaired) electrons. The van der Waals surface area contributed by atoms with E-state index in [1.54, 1.807) is 23.1 Å². The lowest BCUT2D eigenvalue weighted by Crippen LogP contribution is -2.59. The number of anilines is 1. The SMILES string of the molecule is O=C1NCCN(C(=O)/C=C/c2ccc3c(c2)OCO3)[C@@H]1CC(=O)N1CCN(c2ccccc2)CC1. The Balaban J connectivity index is 1.20. The van der Waals surface area contributed by atoms with E-state index >= 15 is 0 Å². The molecule has 35 heavy (non-hydrogen) atoms. The van der Waals surface area contributed by atoms with Crippen molar-refractivity contribution in [3.8, 4) is 11.5 Å². The smallest absolute Gasteiger partial charge is 0.247 e. The van der Waals surface area contributed by atoms with Crippen LogP contribution < -0.4 is 19.7 Å². The first-order valence-electron chi connectivity index (χ1n) is 11.8. The molecule has 0 unspecified atom stereocenters. The molecule has 3 amide bonds. The van der Waals surface area contributed by atoms with Crippen LogP contribution in [0.25, 0.3) is 6.08 Å². The number of para-hydroxylation sites is 1. The van der Waals surface area contributed by atoms with Gasteiger partial charge in [-0.3, -0.25) is 14.4 Å². The van der Waals surface area contributed by atoms with Crippen LogP contribution in [0, 0.1) is 0 Å². The number of hydrogen-bond acceptors (Lipinski definition) is 6. The third-order valence-electron chi connectivity index (χ3n) is 6.55. The Morgan fingerprint density at radius 1 is 0.971 bits per heavy atom. The van der Waals surface area contributed by atoms with Crippen LogP contribution in [0.5, 0.6) is 11.5 Å². The predicted molar refractivity (Wildman–Crippen MR) is 130 cm³/mol. The van der Waals surface area contributed by atoms with Crippen LogP contribution in [0.15, 0.2) is 54.6 Å². The number of piperazine rings is 2. The highest BCUT2D eigenvalue weighted by Gasteiger charge is 2.35. The zero-order chi connectivity index (χ0) is 24.2. The number of nitrogens with zero attached hydrogens (tertiary/aromatic N) is 3. The molecule has 1 atom stereocenters. The van der Waals surface area contributed by atoms with E-state index in [9.17, 15) is 14.4 Å². The van der Waals surface area contributed by atoms with Gasteiger partial charge in [0.15, 0.2) is 11.5 Å². The summed E-state index contributed by atoms with van der Waals surface area (Å²) in [5, 5.41) is 2.79. The van der Waals surface area contributed by atoms with Gasteiger partial charge in [-0.1, -0.05) is 24.3 Å². The van der Waals surface area contributed by atoms with Crippen LogP contribution in [-0.2, 0) is 14.4 Å². The van der Waals surface area contributed by atoms with Crippen LogP contribution in [0.2, 0.25) is 0 Å². The van der Waals surface area contributed by atoms with Crippen LogP contribution in [-0.4, -0.2) is 79.6 Å². The van der Waals surface area contributed by atoms with Gasteiger partial charge in [0.25, 0.3) is 0 Å². The van der Waals surface area contributed by atoms with Crippen LogP contribution >= 0.6 is 0 Å². The van der Waals surface area contributed by atoms with Gasteiger partial charge in [0.05, 0.1) is 6.42 Å². The molecule has 0 aromatic heterocycles. The maximum Gasteiger partial charge on any atom is 0.247 e. The van der Waals surface area contributed by atoms with E-state index in [4.69, 9.17) is 9.47 Å². The third kappa shape index (κ3) is 5.08. The van der Waals surface area contributed by atoms with E-state index < -0.39 is 6.04 Å². The maximum absolute atomic E-state index is 13.1. The van der Waals surface area contributed by atoms with E-state index in [-0.39, 0.29) is 30.9 Å². The standard InChI is InChI=1S/C26H28N4O5/c31-24(9-7-19-6-8-22-23(16-19)35-18-34-22)30-11-10-27-26(33)21(30)17-25(32)29-14-12-28(13-15-29)20-4-2-1-3-5-20/h1-9,16,21H,10-15,17-18H2,(H,27,33)/b9-7+/t21-/m1/s1. The highest BCUT2D eigenvalue weighted by atomic mass is 16.7. The van der Waals surface area contributed by atoms with Crippen molar-refractivity contribution >= 4 is 29.5 Å². The number of rotatable bonds is 5. The van der Waals surface area contributed by atoms with Gasteiger partial charge < -0.3 is 29.5 Å². The summed E-state index contributed by atoms with van der Waals surface area (Å²) in [5.41, 5.74) is 1.92. The number of hydrogen-bond donors (Lipinski definition) is 1. The maximum atomic E-state index is 13.1. The van der Waals surface area contributed by atoms with Crippen LogP contribution in [0.4, 0.5) is 5.69 Å². The number of ether oxygens (including phenoxy) is 2. The van der Waals surface area contributed by atoms with Crippen molar-refractivity contribution in [2.45, 2.75) is 12.5 Å². The second-order valence-electron chi connectivity index (χ2n) is 8.69. The van der Waals surface area contributed by atoms with Crippen LogP contribution in [0.1, 0.15) is 12.0 Å². The highest BCUT2D eigenvalue weighted by molar-refractivity contribution is 5.98. The number of nitrogens with one attached hydrogen (secondary N) is 1. The molecule has 3 aliphatic heterocycles. The lowest BCUT2D eigenvalue weighted by Gasteiger charge is -2.38. The van der Waals surface area contributed by atoms with Crippen molar-refractivity contribution in [1.29, 1.82) is 0 Å². The molecule has 0 aliphatic carbocycles. The molecular weight excluding hydrogens is 448 g/mol. The summed E-state index contributed by atoms with van der Waals surface area (Å²) in [6.07, 6.45) is 3.09. The molecule has 2 aromatic carbocycles. The molecule has 182 valence electrons. The quantitative estimate of drug-likeness (QED) is 0.658. The average Bonchev–Trinajstić information content (AvgIpc) is 3.37. The lowest BCUT2D eigenvalue weighted by atomic mass is 10.1. The molecule has 9 nitrogen and oxygen atoms in total. The van der Waals surface area contributed by atoms with Crippen molar-refractivity contribution in [3.63, 3.8) is 0 Å². The fraction of sp³-hybridized carbons (Fsp3) is 0.346. The summed E-state index contributed by atoms with van der Waals surface area (Å²) in [6.45, 7) is 3.53. The summed E-state index contributed by atoms with van der Waals surface area (Å²) in [4.78, 5) is 44.2. The van der Waals surface area contributed by atoms with Gasteiger partial charge in [-0.15, -0.1) is 0 Å². The Morgan fingerprint density at radius 3 is 2.54 bits per heavy atom. The number of amides is 3. The first-order chi connectivity index (χ1) is 17.1. The number of benzene rings is 2. The van der Waals surface area contributed by atoms with Crippen molar-refractivity contribution < 1.29 is 23.9 Å². The van der Waals surface area contributed by atoms with Gasteiger partial charge in [-0.05, 0) is 35.9 Å². The van der Waals surface area contributed by atoms with E-state index in [2.05, 4.69) is 22.3 Å². The van der Waals surface area contributed by atoms with Crippen molar-refractivity contribution in [1.82, 2.24) is 15.1 Å². The van der Waals surface area contributed by atoms with E-state index in [1.165, 1.54) is 11.0 Å². The highest BCUT2D eigenvalue weighted by Crippen LogP contribution is 2.32. The molecule has 1 N–H and O–H groups in total. The summed E-state index contributed by atoms with van der Waals surface area (Å²) in [6, 6.07) is 14.7. The Bertz CT molecular complexity index is 1130. The van der Waals surface area contributed by atoms with E-state index in [1.807, 2.05) is 24.3 Å². The second kappa shape index (κ2) is 10.1. The number of fused-ring (bicyclic) bond motifs is 1. The Morgan fingerprint density at radius 2 is 1.74 bits per heavy atom. The summed E-state index contributed by atoms with van der Waals surface area (Å²) in [5.74, 6) is 0.594. The van der Waals surface area contributed by atoms with Crippen molar-refractivity contribution in [3.05, 3.63) is 60.2 Å². The summed E-state index contributed by atoms with van der Waals surface area (Å²) < 4.78 is 10.7. The minimum atomic E-state index is -0.822. The van der Waals surface area contributed by atoms with Gasteiger partial charge in [0.2, 0.25) is 24.5 Å². The van der Waals surface area contributed by atoms with Crippen molar-refractivity contribution in [2.75, 3.05) is 51.0 Å². The molecular formula is C26H28N4O5. The van der Waals surface area contributed by atoms with Gasteiger partial charge in [0.1, 0.15) is 6.04 Å². The molecule has 3 heterocycles. The second-order valence-corrected chi connectivity index (χ2v) is 8.69. The number of carbonyl (C=O) groups excluding carboxylic acids is 3. The lowest BCUT2D eigenvalue weighted by molar-refractivity contribution is -0.144. The molecule has 9 heteroatoms. The Labute approximate surface area is 203 Å². The molecule has 2 fully saturated rings. The van der Waals surface area contributed by atoms with Gasteiger partial charge in [-0.2, -0.15) is 0 Å². The van der Waals surface area contributed by atoms with Crippen LogP contribution in [0.3, 0.4) is 0 Å². The fourth-order valence-electron chi connectivity index (χ4n) is 4.61. The summed E-state index contributed by atoms with van der Waals surface area (Å²) in [7, 11) is 0. The molecule has 5 rings (SSSR count). The number of carbonyl (C=O) groups is 3. The van der Waals surface area contributed by atoms with E-state index in [0.29, 0.717) is 37.7 Å². The van der Waals surface area contributed by atoms with Gasteiger partial charge in [0, 0.05) is 51.0 Å². The average molecular weight is 477 g/mol. The normalized spacial score (nSPS) is 19.7. The topological polar surface area (TPSA) is 91.4 Å². The minimum absolute atomic E-state index is 0.0270. The zero-order valence-electron chi connectivity index (χ0n) is 19.4. The molecule has 2 aromatic rings. The Hall–Kier alpha value is -4.01. The summed E-state index contributed by atoms with van der Waals surface area (Å²) >= 11 is 0. The predicted octanol–water partition coefficient (Wildman–Crippen LogP) is 1.49. The third-order valence-corrected chi connectivity index (χ3v) is 6.55. The fourth-order valence-corrected chi connectivity index (χ4v) is 4.61. The van der Waals surface area contributed by atoms with Crippen molar-refractivity contribution in [2.24, 2.45) is 0 Å².